The van der Waals surface area contributed by atoms with E-state index in [2.05, 4.69) is 5.16 Å². The van der Waals surface area contributed by atoms with Crippen LogP contribution in [0.5, 0.6) is 5.75 Å². The Bertz CT molecular complexity index is 836. The Morgan fingerprint density at radius 2 is 1.72 bits per heavy atom. The van der Waals surface area contributed by atoms with E-state index in [-0.39, 0.29) is 6.61 Å². The molecule has 3 aromatic rings. The van der Waals surface area contributed by atoms with Gasteiger partial charge >= 0.3 is 5.97 Å². The van der Waals surface area contributed by atoms with Gasteiger partial charge in [-0.2, -0.15) is 0 Å². The number of benzene rings is 2. The summed E-state index contributed by atoms with van der Waals surface area (Å²) in [5, 5.41) is 3.86. The Kier molecular flexibility index (Phi) is 5.14. The van der Waals surface area contributed by atoms with E-state index in [1.54, 1.807) is 19.1 Å². The van der Waals surface area contributed by atoms with E-state index >= 15 is 0 Å². The van der Waals surface area contributed by atoms with E-state index in [1.165, 1.54) is 0 Å². The molecule has 0 spiro atoms. The average molecular weight is 337 g/mol. The second-order valence-electron chi connectivity index (χ2n) is 5.64. The summed E-state index contributed by atoms with van der Waals surface area (Å²) >= 11 is 0. The van der Waals surface area contributed by atoms with Gasteiger partial charge in [0.05, 0.1) is 16.8 Å². The van der Waals surface area contributed by atoms with E-state index in [4.69, 9.17) is 14.0 Å². The zero-order valence-corrected chi connectivity index (χ0v) is 14.2. The standard InChI is InChI=1S/C20H19NO4/c1-14-19(15(2)25-21-14)13-24-20(22)18-11-7-6-8-16(18)12-23-17-9-4-3-5-10-17/h3-11H,12-13H2,1-2H3. The number of aryl methyl sites for hydroxylation is 2. The van der Waals surface area contributed by atoms with Gasteiger partial charge in [0.1, 0.15) is 24.7 Å². The first kappa shape index (κ1) is 16.8. The molecule has 2 aromatic carbocycles. The first-order valence-electron chi connectivity index (χ1n) is 8.00. The predicted molar refractivity (Wildman–Crippen MR) is 92.3 cm³/mol. The van der Waals surface area contributed by atoms with E-state index < -0.39 is 5.97 Å². The molecular formula is C20H19NO4. The van der Waals surface area contributed by atoms with E-state index in [0.717, 1.165) is 22.6 Å². The molecule has 0 bridgehead atoms. The zero-order chi connectivity index (χ0) is 17.6. The minimum absolute atomic E-state index is 0.133. The fourth-order valence-corrected chi connectivity index (χ4v) is 2.45. The molecule has 0 fully saturated rings. The molecule has 0 aliphatic carbocycles. The highest BCUT2D eigenvalue weighted by molar-refractivity contribution is 5.91. The van der Waals surface area contributed by atoms with Gasteiger partial charge in [-0.05, 0) is 32.0 Å². The summed E-state index contributed by atoms with van der Waals surface area (Å²) in [5.74, 6) is 1.01. The Hall–Kier alpha value is -3.08. The van der Waals surface area contributed by atoms with E-state index in [9.17, 15) is 4.79 Å². The molecule has 5 nitrogen and oxygen atoms in total. The first-order chi connectivity index (χ1) is 12.1. The van der Waals surface area contributed by atoms with Gasteiger partial charge in [0.2, 0.25) is 0 Å². The molecule has 0 N–H and O–H groups in total. The van der Waals surface area contributed by atoms with Crippen LogP contribution in [0.4, 0.5) is 0 Å². The summed E-state index contributed by atoms with van der Waals surface area (Å²) in [6.07, 6.45) is 0. The van der Waals surface area contributed by atoms with Crippen molar-refractivity contribution in [3.05, 3.63) is 82.7 Å². The van der Waals surface area contributed by atoms with Crippen LogP contribution in [0, 0.1) is 13.8 Å². The van der Waals surface area contributed by atoms with Crippen LogP contribution in [0.3, 0.4) is 0 Å². The van der Waals surface area contributed by atoms with Crippen LogP contribution in [0.25, 0.3) is 0 Å². The van der Waals surface area contributed by atoms with Crippen LogP contribution in [-0.2, 0) is 18.0 Å². The summed E-state index contributed by atoms with van der Waals surface area (Å²) < 4.78 is 16.3. The summed E-state index contributed by atoms with van der Waals surface area (Å²) in [6, 6.07) is 16.7. The summed E-state index contributed by atoms with van der Waals surface area (Å²) in [4.78, 5) is 12.5. The smallest absolute Gasteiger partial charge is 0.338 e. The molecular weight excluding hydrogens is 318 g/mol. The van der Waals surface area contributed by atoms with Gasteiger partial charge in [-0.25, -0.2) is 4.79 Å². The van der Waals surface area contributed by atoms with Gasteiger partial charge in [-0.1, -0.05) is 41.6 Å². The molecule has 0 saturated heterocycles. The maximum Gasteiger partial charge on any atom is 0.338 e. The second-order valence-corrected chi connectivity index (χ2v) is 5.64. The molecule has 128 valence electrons. The van der Waals surface area contributed by atoms with E-state index in [0.29, 0.717) is 17.9 Å². The minimum atomic E-state index is -0.396. The van der Waals surface area contributed by atoms with Crippen LogP contribution in [-0.4, -0.2) is 11.1 Å². The Balaban J connectivity index is 1.68. The highest BCUT2D eigenvalue weighted by Gasteiger charge is 2.16. The van der Waals surface area contributed by atoms with Crippen molar-refractivity contribution in [2.75, 3.05) is 0 Å². The maximum absolute atomic E-state index is 12.5. The molecule has 1 heterocycles. The molecule has 3 rings (SSSR count). The SMILES string of the molecule is Cc1noc(C)c1COC(=O)c1ccccc1COc1ccccc1. The fraction of sp³-hybridized carbons (Fsp3) is 0.200. The highest BCUT2D eigenvalue weighted by atomic mass is 16.5. The third-order valence-corrected chi connectivity index (χ3v) is 3.90. The number of carbonyl (C=O) groups excluding carboxylic acids is 1. The largest absolute Gasteiger partial charge is 0.489 e. The van der Waals surface area contributed by atoms with Crippen LogP contribution in [0.15, 0.2) is 59.1 Å². The number of nitrogens with zero attached hydrogens (tertiary/aromatic N) is 1. The minimum Gasteiger partial charge on any atom is -0.489 e. The molecule has 0 aliphatic rings. The number of esters is 1. The number of hydrogen-bond donors (Lipinski definition) is 0. The van der Waals surface area contributed by atoms with Crippen molar-refractivity contribution < 1.29 is 18.8 Å². The van der Waals surface area contributed by atoms with E-state index in [1.807, 2.05) is 49.4 Å². The molecule has 0 unspecified atom stereocenters. The summed E-state index contributed by atoms with van der Waals surface area (Å²) in [6.45, 7) is 4.04. The molecule has 0 radical (unpaired) electrons. The highest BCUT2D eigenvalue weighted by Crippen LogP contribution is 2.18. The third kappa shape index (κ3) is 4.07. The average Bonchev–Trinajstić information content (AvgIpc) is 2.97. The van der Waals surface area contributed by atoms with Crippen LogP contribution in [0.2, 0.25) is 0 Å². The molecule has 25 heavy (non-hydrogen) atoms. The van der Waals surface area contributed by atoms with Gasteiger partial charge in [0.25, 0.3) is 0 Å². The molecule has 0 amide bonds. The first-order valence-corrected chi connectivity index (χ1v) is 8.00. The van der Waals surface area contributed by atoms with Crippen molar-refractivity contribution >= 4 is 5.97 Å². The zero-order valence-electron chi connectivity index (χ0n) is 14.2. The lowest BCUT2D eigenvalue weighted by Crippen LogP contribution is -2.10. The summed E-state index contributed by atoms with van der Waals surface area (Å²) in [7, 11) is 0. The third-order valence-electron chi connectivity index (χ3n) is 3.90. The number of hydrogen-bond acceptors (Lipinski definition) is 5. The predicted octanol–water partition coefficient (Wildman–Crippen LogP) is 4.23. The number of aromatic nitrogens is 1. The van der Waals surface area contributed by atoms with Gasteiger partial charge in [0.15, 0.2) is 0 Å². The lowest BCUT2D eigenvalue weighted by Gasteiger charge is -2.11. The van der Waals surface area contributed by atoms with Gasteiger partial charge < -0.3 is 14.0 Å². The normalized spacial score (nSPS) is 10.5. The molecule has 0 atom stereocenters. The lowest BCUT2D eigenvalue weighted by atomic mass is 10.1. The number of carbonyl (C=O) groups is 1. The fourth-order valence-electron chi connectivity index (χ4n) is 2.45. The monoisotopic (exact) mass is 337 g/mol. The van der Waals surface area contributed by atoms with Crippen molar-refractivity contribution in [1.82, 2.24) is 5.16 Å². The summed E-state index contributed by atoms with van der Waals surface area (Å²) in [5.41, 5.74) is 2.79. The Labute approximate surface area is 146 Å². The maximum atomic E-state index is 12.5. The Morgan fingerprint density at radius 1 is 1.00 bits per heavy atom. The molecule has 1 aromatic heterocycles. The quantitative estimate of drug-likeness (QED) is 0.630. The van der Waals surface area contributed by atoms with Crippen molar-refractivity contribution in [3.8, 4) is 5.75 Å². The molecule has 0 aliphatic heterocycles. The van der Waals surface area contributed by atoms with Crippen molar-refractivity contribution in [3.63, 3.8) is 0 Å². The Morgan fingerprint density at radius 3 is 2.44 bits per heavy atom. The van der Waals surface area contributed by atoms with Crippen LogP contribution >= 0.6 is 0 Å². The van der Waals surface area contributed by atoms with Gasteiger partial charge in [0, 0.05) is 5.56 Å². The number of para-hydroxylation sites is 1. The lowest BCUT2D eigenvalue weighted by molar-refractivity contribution is 0.0468. The van der Waals surface area contributed by atoms with Crippen molar-refractivity contribution in [2.45, 2.75) is 27.1 Å². The van der Waals surface area contributed by atoms with Crippen LogP contribution < -0.4 is 4.74 Å². The van der Waals surface area contributed by atoms with Crippen molar-refractivity contribution in [2.24, 2.45) is 0 Å². The number of ether oxygens (including phenoxy) is 2. The second kappa shape index (κ2) is 7.66. The number of rotatable bonds is 6. The molecule has 0 saturated carbocycles. The molecule has 5 heteroatoms. The van der Waals surface area contributed by atoms with Gasteiger partial charge in [-0.3, -0.25) is 0 Å². The van der Waals surface area contributed by atoms with Crippen LogP contribution in [0.1, 0.15) is 32.9 Å². The van der Waals surface area contributed by atoms with Crippen molar-refractivity contribution in [1.29, 1.82) is 0 Å². The topological polar surface area (TPSA) is 61.6 Å². The van der Waals surface area contributed by atoms with Gasteiger partial charge in [-0.15, -0.1) is 0 Å².